The Morgan fingerprint density at radius 2 is 2.22 bits per heavy atom. The highest BCUT2D eigenvalue weighted by Crippen LogP contribution is 2.29. The van der Waals surface area contributed by atoms with Gasteiger partial charge >= 0.3 is 5.97 Å². The number of rotatable bonds is 7. The van der Waals surface area contributed by atoms with Crippen molar-refractivity contribution in [1.82, 2.24) is 4.98 Å². The van der Waals surface area contributed by atoms with Gasteiger partial charge in [-0.2, -0.15) is 0 Å². The van der Waals surface area contributed by atoms with Crippen LogP contribution in [0.1, 0.15) is 30.8 Å². The molecule has 0 saturated carbocycles. The van der Waals surface area contributed by atoms with Gasteiger partial charge in [-0.15, -0.1) is 11.3 Å². The highest BCUT2D eigenvalue weighted by Gasteiger charge is 2.17. The summed E-state index contributed by atoms with van der Waals surface area (Å²) in [5.41, 5.74) is 0.708. The summed E-state index contributed by atoms with van der Waals surface area (Å²) in [5, 5.41) is 8.77. The molecule has 0 radical (unpaired) electrons. The van der Waals surface area contributed by atoms with Crippen molar-refractivity contribution >= 4 is 29.1 Å². The van der Waals surface area contributed by atoms with Crippen LogP contribution >= 0.6 is 23.1 Å². The Hall–Kier alpha value is -0.590. The van der Waals surface area contributed by atoms with Gasteiger partial charge in [-0.3, -0.25) is 4.79 Å². The maximum absolute atomic E-state index is 10.7. The zero-order valence-corrected chi connectivity index (χ0v) is 12.8. The molecule has 1 aromatic heterocycles. The molecule has 0 aliphatic heterocycles. The highest BCUT2D eigenvalue weighted by molar-refractivity contribution is 8.01. The van der Waals surface area contributed by atoms with Gasteiger partial charge in [-0.25, -0.2) is 4.98 Å². The van der Waals surface area contributed by atoms with Crippen molar-refractivity contribution in [3.63, 3.8) is 0 Å². The fraction of sp³-hybridized carbons (Fsp3) is 0.667. The number of nitrogens with zero attached hydrogens (tertiary/aromatic N) is 1. The lowest BCUT2D eigenvalue weighted by Crippen LogP contribution is -2.22. The highest BCUT2D eigenvalue weighted by atomic mass is 32.2. The molecule has 0 spiro atoms. The number of hydrogen-bond acceptors (Lipinski definition) is 5. The van der Waals surface area contributed by atoms with Crippen LogP contribution < -0.4 is 0 Å². The van der Waals surface area contributed by atoms with Gasteiger partial charge in [0, 0.05) is 17.7 Å². The third kappa shape index (κ3) is 4.96. The first kappa shape index (κ1) is 15.5. The van der Waals surface area contributed by atoms with Crippen LogP contribution in [0.25, 0.3) is 0 Å². The number of aromatic nitrogens is 1. The molecule has 1 rings (SSSR count). The number of carbonyl (C=O) groups is 1. The van der Waals surface area contributed by atoms with Crippen molar-refractivity contribution in [2.24, 2.45) is 0 Å². The third-order valence-corrected chi connectivity index (χ3v) is 4.97. The summed E-state index contributed by atoms with van der Waals surface area (Å²) in [7, 11) is 1.71. The van der Waals surface area contributed by atoms with Crippen LogP contribution in [0.4, 0.5) is 0 Å². The number of thiazole rings is 1. The molecule has 0 unspecified atom stereocenters. The molecule has 0 aromatic carbocycles. The molecule has 1 aromatic rings. The number of carboxylic acid groups (broad SMARTS) is 1. The molecule has 1 N–H and O–H groups in total. The zero-order chi connectivity index (χ0) is 13.8. The van der Waals surface area contributed by atoms with E-state index in [1.807, 2.05) is 6.92 Å². The van der Waals surface area contributed by atoms with Crippen molar-refractivity contribution in [2.75, 3.05) is 12.9 Å². The van der Waals surface area contributed by atoms with Gasteiger partial charge in [0.05, 0.1) is 17.7 Å². The average molecular weight is 289 g/mol. The van der Waals surface area contributed by atoms with E-state index < -0.39 is 5.97 Å². The van der Waals surface area contributed by atoms with Crippen LogP contribution in [0.3, 0.4) is 0 Å². The molecular formula is C12H19NO3S2. The topological polar surface area (TPSA) is 59.4 Å². The summed E-state index contributed by atoms with van der Waals surface area (Å²) in [6, 6.07) is 0. The van der Waals surface area contributed by atoms with E-state index in [1.54, 1.807) is 18.9 Å². The molecule has 18 heavy (non-hydrogen) atoms. The normalized spacial score (nSPS) is 11.8. The maximum atomic E-state index is 10.7. The number of methoxy groups -OCH3 is 1. The molecule has 102 valence electrons. The second-order valence-electron chi connectivity index (χ2n) is 4.62. The van der Waals surface area contributed by atoms with E-state index in [0.29, 0.717) is 0 Å². The van der Waals surface area contributed by atoms with E-state index in [1.165, 1.54) is 11.3 Å². The lowest BCUT2D eigenvalue weighted by molar-refractivity contribution is -0.136. The van der Waals surface area contributed by atoms with Gasteiger partial charge in [-0.05, 0) is 27.2 Å². The van der Waals surface area contributed by atoms with Crippen LogP contribution in [0.2, 0.25) is 0 Å². The summed E-state index contributed by atoms with van der Waals surface area (Å²) in [6.07, 6.45) is 0.995. The largest absolute Gasteiger partial charge is 0.481 e. The Labute approximate surface area is 116 Å². The molecule has 1 heterocycles. The minimum atomic E-state index is -0.807. The number of thioether (sulfide) groups is 1. The Morgan fingerprint density at radius 3 is 2.78 bits per heavy atom. The molecule has 0 atom stereocenters. The van der Waals surface area contributed by atoms with Gasteiger partial charge < -0.3 is 9.84 Å². The Morgan fingerprint density at radius 1 is 1.56 bits per heavy atom. The SMILES string of the molecule is COC(C)(C)CCSc1nc(C)c(CC(=O)O)s1. The number of aryl methyl sites for hydroxylation is 1. The summed E-state index contributed by atoms with van der Waals surface area (Å²) < 4.78 is 6.29. The summed E-state index contributed by atoms with van der Waals surface area (Å²) in [4.78, 5) is 15.9. The molecule has 6 heteroatoms. The lowest BCUT2D eigenvalue weighted by Gasteiger charge is -2.21. The molecular weight excluding hydrogens is 270 g/mol. The van der Waals surface area contributed by atoms with Gasteiger partial charge in [0.25, 0.3) is 0 Å². The average Bonchev–Trinajstić information content (AvgIpc) is 2.58. The van der Waals surface area contributed by atoms with E-state index >= 15 is 0 Å². The quantitative estimate of drug-likeness (QED) is 0.782. The number of ether oxygens (including phenoxy) is 1. The number of hydrogen-bond donors (Lipinski definition) is 1. The van der Waals surface area contributed by atoms with Gasteiger partial charge in [0.2, 0.25) is 0 Å². The van der Waals surface area contributed by atoms with Crippen molar-refractivity contribution < 1.29 is 14.6 Å². The fourth-order valence-corrected chi connectivity index (χ4v) is 3.79. The van der Waals surface area contributed by atoms with Gasteiger partial charge in [0.15, 0.2) is 0 Å². The van der Waals surface area contributed by atoms with Crippen molar-refractivity contribution in [3.05, 3.63) is 10.6 Å². The molecule has 0 aliphatic carbocycles. The van der Waals surface area contributed by atoms with E-state index in [4.69, 9.17) is 9.84 Å². The minimum absolute atomic E-state index is 0.0631. The Kier molecular flexibility index (Phi) is 5.62. The standard InChI is InChI=1S/C12H19NO3S2/c1-8-9(7-10(14)15)18-11(13-8)17-6-5-12(2,3)16-4/h5-7H2,1-4H3,(H,14,15). The second kappa shape index (κ2) is 6.54. The fourth-order valence-electron chi connectivity index (χ4n) is 1.25. The van der Waals surface area contributed by atoms with Gasteiger partial charge in [0.1, 0.15) is 4.34 Å². The number of carboxylic acids is 1. The van der Waals surface area contributed by atoms with Crippen molar-refractivity contribution in [3.8, 4) is 0 Å². The molecule has 0 bridgehead atoms. The van der Waals surface area contributed by atoms with E-state index in [-0.39, 0.29) is 12.0 Å². The predicted molar refractivity (Wildman–Crippen MR) is 74.6 cm³/mol. The summed E-state index contributed by atoms with van der Waals surface area (Å²) >= 11 is 3.14. The maximum Gasteiger partial charge on any atom is 0.308 e. The van der Waals surface area contributed by atoms with Crippen molar-refractivity contribution in [1.29, 1.82) is 0 Å². The zero-order valence-electron chi connectivity index (χ0n) is 11.1. The lowest BCUT2D eigenvalue weighted by atomic mass is 10.1. The first-order valence-corrected chi connectivity index (χ1v) is 7.50. The van der Waals surface area contributed by atoms with Crippen LogP contribution in [0, 0.1) is 6.92 Å². The van der Waals surface area contributed by atoms with Crippen LogP contribution in [0.15, 0.2) is 4.34 Å². The van der Waals surface area contributed by atoms with E-state index in [2.05, 4.69) is 18.8 Å². The predicted octanol–water partition coefficient (Wildman–Crippen LogP) is 2.99. The van der Waals surface area contributed by atoms with Crippen molar-refractivity contribution in [2.45, 2.75) is 43.6 Å². The van der Waals surface area contributed by atoms with Crippen LogP contribution in [-0.2, 0) is 16.0 Å². The van der Waals surface area contributed by atoms with Crippen LogP contribution in [0.5, 0.6) is 0 Å². The smallest absolute Gasteiger partial charge is 0.308 e. The molecule has 0 aliphatic rings. The third-order valence-electron chi connectivity index (χ3n) is 2.67. The minimum Gasteiger partial charge on any atom is -0.481 e. The summed E-state index contributed by atoms with van der Waals surface area (Å²) in [6.45, 7) is 5.96. The molecule has 0 amide bonds. The Bertz CT molecular complexity index is 415. The monoisotopic (exact) mass is 289 g/mol. The van der Waals surface area contributed by atoms with E-state index in [0.717, 1.165) is 27.1 Å². The second-order valence-corrected chi connectivity index (χ2v) is 7.05. The first-order chi connectivity index (χ1) is 8.34. The number of aliphatic carboxylic acids is 1. The summed E-state index contributed by atoms with van der Waals surface area (Å²) in [5.74, 6) is 0.110. The molecule has 0 saturated heterocycles. The Balaban J connectivity index is 2.51. The molecule has 4 nitrogen and oxygen atoms in total. The van der Waals surface area contributed by atoms with Crippen LogP contribution in [-0.4, -0.2) is 34.5 Å². The van der Waals surface area contributed by atoms with E-state index in [9.17, 15) is 4.79 Å². The first-order valence-electron chi connectivity index (χ1n) is 5.70. The molecule has 0 fully saturated rings. The van der Waals surface area contributed by atoms with Gasteiger partial charge in [-0.1, -0.05) is 11.8 Å².